The number of aryl methyl sites for hydroxylation is 2. The highest BCUT2D eigenvalue weighted by molar-refractivity contribution is 5.98. The lowest BCUT2D eigenvalue weighted by atomic mass is 9.90. The van der Waals surface area contributed by atoms with E-state index in [9.17, 15) is 14.4 Å². The van der Waals surface area contributed by atoms with Crippen LogP contribution in [0.2, 0.25) is 0 Å². The molecule has 0 atom stereocenters. The second-order valence-corrected chi connectivity index (χ2v) is 7.88. The van der Waals surface area contributed by atoms with Gasteiger partial charge in [-0.2, -0.15) is 0 Å². The molecule has 2 aliphatic rings. The monoisotopic (exact) mass is 398 g/mol. The van der Waals surface area contributed by atoms with Gasteiger partial charge in [0.2, 0.25) is 0 Å². The minimum atomic E-state index is -0.813. The Hall–Kier alpha value is -2.83. The number of nitrogens with zero attached hydrogens (tertiary/aromatic N) is 1. The second kappa shape index (κ2) is 8.27. The smallest absolute Gasteiger partial charge is 0.349 e. The first-order valence-electron chi connectivity index (χ1n) is 10.4. The maximum atomic E-state index is 12.5. The molecule has 2 aliphatic heterocycles. The van der Waals surface area contributed by atoms with Crippen LogP contribution in [0.3, 0.4) is 0 Å². The van der Waals surface area contributed by atoms with E-state index in [1.165, 1.54) is 11.3 Å². The summed E-state index contributed by atoms with van der Waals surface area (Å²) in [5.41, 5.74) is 3.65. The molecule has 1 amide bonds. The van der Waals surface area contributed by atoms with Gasteiger partial charge >= 0.3 is 11.6 Å². The molecule has 2 N–H and O–H groups in total. The van der Waals surface area contributed by atoms with Crippen LogP contribution >= 0.6 is 0 Å². The van der Waals surface area contributed by atoms with Gasteiger partial charge in [-0.05, 0) is 56.2 Å². The number of amides is 1. The van der Waals surface area contributed by atoms with E-state index < -0.39 is 17.5 Å². The number of aliphatic carboxylic acids is 1. The van der Waals surface area contributed by atoms with Crippen molar-refractivity contribution in [1.29, 1.82) is 0 Å². The van der Waals surface area contributed by atoms with Gasteiger partial charge in [0, 0.05) is 42.7 Å². The van der Waals surface area contributed by atoms with Crippen molar-refractivity contribution in [1.82, 2.24) is 5.32 Å². The molecule has 0 fully saturated rings. The van der Waals surface area contributed by atoms with E-state index in [-0.39, 0.29) is 12.0 Å². The lowest BCUT2D eigenvalue weighted by Gasteiger charge is -2.37. The summed E-state index contributed by atoms with van der Waals surface area (Å²) in [5.74, 6) is -1.25. The molecule has 7 heteroatoms. The summed E-state index contributed by atoms with van der Waals surface area (Å²) in [7, 11) is 0. The molecular formula is C22H26N2O5. The number of carbonyl (C=O) groups excluding carboxylic acids is 1. The van der Waals surface area contributed by atoms with Gasteiger partial charge in [0.05, 0.1) is 0 Å². The maximum Gasteiger partial charge on any atom is 0.349 e. The van der Waals surface area contributed by atoms with Crippen LogP contribution in [0.25, 0.3) is 11.0 Å². The number of anilines is 1. The lowest BCUT2D eigenvalue weighted by molar-refractivity contribution is -0.137. The number of carboxylic acids is 1. The fraction of sp³-hybridized carbons (Fsp3) is 0.500. The summed E-state index contributed by atoms with van der Waals surface area (Å²) in [6.07, 6.45) is 6.15. The number of hydrogen-bond donors (Lipinski definition) is 2. The first-order chi connectivity index (χ1) is 14.0. The molecule has 1 aromatic heterocycles. The van der Waals surface area contributed by atoms with E-state index in [1.54, 1.807) is 6.07 Å². The molecule has 0 aliphatic carbocycles. The molecule has 2 aromatic rings. The van der Waals surface area contributed by atoms with E-state index in [2.05, 4.69) is 16.3 Å². The van der Waals surface area contributed by atoms with E-state index in [1.807, 2.05) is 0 Å². The van der Waals surface area contributed by atoms with Crippen LogP contribution in [0.15, 0.2) is 21.3 Å². The molecule has 0 radical (unpaired) electrons. The van der Waals surface area contributed by atoms with Crippen LogP contribution in [0.5, 0.6) is 0 Å². The quantitative estimate of drug-likeness (QED) is 0.550. The summed E-state index contributed by atoms with van der Waals surface area (Å²) in [4.78, 5) is 37.9. The Morgan fingerprint density at radius 3 is 2.69 bits per heavy atom. The first kappa shape index (κ1) is 19.5. The predicted octanol–water partition coefficient (Wildman–Crippen LogP) is 2.87. The van der Waals surface area contributed by atoms with Crippen LogP contribution in [0.4, 0.5) is 5.69 Å². The van der Waals surface area contributed by atoms with Crippen molar-refractivity contribution < 1.29 is 19.1 Å². The molecule has 7 nitrogen and oxygen atoms in total. The van der Waals surface area contributed by atoms with Crippen molar-refractivity contribution in [3.05, 3.63) is 39.2 Å². The molecule has 0 saturated heterocycles. The van der Waals surface area contributed by atoms with Gasteiger partial charge in [-0.1, -0.05) is 6.42 Å². The Morgan fingerprint density at radius 2 is 1.90 bits per heavy atom. The summed E-state index contributed by atoms with van der Waals surface area (Å²) in [5, 5.41) is 12.2. The highest BCUT2D eigenvalue weighted by Crippen LogP contribution is 2.39. The van der Waals surface area contributed by atoms with Crippen LogP contribution in [0, 0.1) is 0 Å². The zero-order valence-corrected chi connectivity index (χ0v) is 16.5. The molecular weight excluding hydrogens is 372 g/mol. The Morgan fingerprint density at radius 1 is 1.10 bits per heavy atom. The van der Waals surface area contributed by atoms with Crippen LogP contribution in [-0.2, 0) is 17.6 Å². The lowest BCUT2D eigenvalue weighted by Crippen LogP contribution is -2.34. The molecule has 0 spiro atoms. The van der Waals surface area contributed by atoms with Crippen molar-refractivity contribution in [2.24, 2.45) is 0 Å². The predicted molar refractivity (Wildman–Crippen MR) is 110 cm³/mol. The Labute approximate surface area is 168 Å². The number of carboxylic acid groups (broad SMARTS) is 1. The largest absolute Gasteiger partial charge is 0.481 e. The number of nitrogens with one attached hydrogen (secondary N) is 1. The Kier molecular flexibility index (Phi) is 5.56. The highest BCUT2D eigenvalue weighted by Gasteiger charge is 2.27. The van der Waals surface area contributed by atoms with Gasteiger partial charge in [0.15, 0.2) is 0 Å². The van der Waals surface area contributed by atoms with Gasteiger partial charge in [0.25, 0.3) is 5.91 Å². The number of carbonyl (C=O) groups is 2. The SMILES string of the molecule is O=C(O)CCCCCNC(=O)c1cc2cc3c4c(c2oc1=O)CCCN4CCC3. The number of fused-ring (bicyclic) bond motifs is 2. The van der Waals surface area contributed by atoms with Gasteiger partial charge < -0.3 is 19.7 Å². The maximum absolute atomic E-state index is 12.5. The van der Waals surface area contributed by atoms with Crippen LogP contribution in [0.1, 0.15) is 60.0 Å². The van der Waals surface area contributed by atoms with E-state index >= 15 is 0 Å². The van der Waals surface area contributed by atoms with Crippen molar-refractivity contribution in [2.75, 3.05) is 24.5 Å². The fourth-order valence-corrected chi connectivity index (χ4v) is 4.48. The summed E-state index contributed by atoms with van der Waals surface area (Å²) in [6.45, 7) is 2.49. The second-order valence-electron chi connectivity index (χ2n) is 7.88. The van der Waals surface area contributed by atoms with Crippen LogP contribution < -0.4 is 15.8 Å². The molecule has 0 unspecified atom stereocenters. The van der Waals surface area contributed by atoms with Gasteiger partial charge in [0.1, 0.15) is 11.1 Å². The van der Waals surface area contributed by atoms with E-state index in [0.717, 1.165) is 49.7 Å². The zero-order valence-electron chi connectivity index (χ0n) is 16.5. The van der Waals surface area contributed by atoms with E-state index in [4.69, 9.17) is 9.52 Å². The standard InChI is InChI=1S/C22H26N2O5/c25-18(26)8-2-1-3-9-23-21(27)17-13-15-12-14-6-4-10-24-11-5-7-16(19(14)24)20(15)29-22(17)28/h12-13H,1-11H2,(H,23,27)(H,25,26). The number of rotatable bonds is 7. The van der Waals surface area contributed by atoms with Crippen molar-refractivity contribution in [2.45, 2.75) is 51.4 Å². The highest BCUT2D eigenvalue weighted by atomic mass is 16.4. The van der Waals surface area contributed by atoms with Crippen molar-refractivity contribution in [3.8, 4) is 0 Å². The van der Waals surface area contributed by atoms with Gasteiger partial charge in [-0.3, -0.25) is 9.59 Å². The summed E-state index contributed by atoms with van der Waals surface area (Å²) >= 11 is 0. The first-order valence-corrected chi connectivity index (χ1v) is 10.4. The normalized spacial score (nSPS) is 15.2. The average molecular weight is 398 g/mol. The third-order valence-corrected chi connectivity index (χ3v) is 5.81. The Balaban J connectivity index is 1.53. The summed E-state index contributed by atoms with van der Waals surface area (Å²) < 4.78 is 5.65. The van der Waals surface area contributed by atoms with Gasteiger partial charge in [-0.25, -0.2) is 4.79 Å². The minimum absolute atomic E-state index is 0.0265. The molecule has 1 aromatic carbocycles. The third kappa shape index (κ3) is 3.99. The number of unbranched alkanes of at least 4 members (excludes halogenated alkanes) is 2. The number of benzene rings is 1. The molecule has 3 heterocycles. The molecule has 29 heavy (non-hydrogen) atoms. The molecule has 154 valence electrons. The molecule has 0 bridgehead atoms. The topological polar surface area (TPSA) is 99.9 Å². The zero-order chi connectivity index (χ0) is 20.4. The van der Waals surface area contributed by atoms with Crippen molar-refractivity contribution in [3.63, 3.8) is 0 Å². The molecule has 4 rings (SSSR count). The summed E-state index contributed by atoms with van der Waals surface area (Å²) in [6, 6.07) is 3.72. The average Bonchev–Trinajstić information content (AvgIpc) is 2.70. The number of hydrogen-bond acceptors (Lipinski definition) is 5. The minimum Gasteiger partial charge on any atom is -0.481 e. The Bertz CT molecular complexity index is 1010. The van der Waals surface area contributed by atoms with Crippen LogP contribution in [-0.4, -0.2) is 36.6 Å². The van der Waals surface area contributed by atoms with Gasteiger partial charge in [-0.15, -0.1) is 0 Å². The fourth-order valence-electron chi connectivity index (χ4n) is 4.48. The third-order valence-electron chi connectivity index (χ3n) is 5.81. The van der Waals surface area contributed by atoms with Crippen molar-refractivity contribution >= 4 is 28.5 Å². The molecule has 0 saturated carbocycles. The van der Waals surface area contributed by atoms with E-state index in [0.29, 0.717) is 31.4 Å².